The number of nitrogens with one attached hydrogen (secondary N) is 2. The first-order chi connectivity index (χ1) is 16.3. The number of primary amides is 1. The Morgan fingerprint density at radius 1 is 1.12 bits per heavy atom. The first-order valence-electron chi connectivity index (χ1n) is 11.4. The van der Waals surface area contributed by atoms with E-state index < -0.39 is 11.8 Å². The topological polar surface area (TPSA) is 112 Å². The van der Waals surface area contributed by atoms with Gasteiger partial charge in [-0.15, -0.1) is 11.3 Å². The molecule has 0 unspecified atom stereocenters. The zero-order valence-corrected chi connectivity index (χ0v) is 21.5. The van der Waals surface area contributed by atoms with E-state index in [0.29, 0.717) is 59.1 Å². The third-order valence-corrected chi connectivity index (χ3v) is 6.76. The number of carbonyl (C=O) groups is 2. The molecule has 0 radical (unpaired) electrons. The minimum absolute atomic E-state index is 0.0731. The van der Waals surface area contributed by atoms with Gasteiger partial charge in [-0.2, -0.15) is 0 Å². The van der Waals surface area contributed by atoms with Gasteiger partial charge in [0.2, 0.25) is 5.75 Å². The number of anilines is 1. The summed E-state index contributed by atoms with van der Waals surface area (Å²) in [4.78, 5) is 26.3. The molecule has 1 heterocycles. The van der Waals surface area contributed by atoms with Crippen LogP contribution in [0.1, 0.15) is 65.3 Å². The lowest BCUT2D eigenvalue weighted by Crippen LogP contribution is -2.34. The van der Waals surface area contributed by atoms with Crippen molar-refractivity contribution in [1.29, 1.82) is 0 Å². The monoisotopic (exact) mass is 505 g/mol. The lowest BCUT2D eigenvalue weighted by Gasteiger charge is -2.18. The van der Waals surface area contributed by atoms with Crippen LogP contribution < -0.4 is 30.6 Å². The second-order valence-electron chi connectivity index (χ2n) is 7.93. The van der Waals surface area contributed by atoms with E-state index in [1.807, 2.05) is 20.8 Å². The number of hydrogen-bond donors (Lipinski definition) is 3. The van der Waals surface area contributed by atoms with E-state index >= 15 is 0 Å². The van der Waals surface area contributed by atoms with Crippen LogP contribution in [0.25, 0.3) is 0 Å². The van der Waals surface area contributed by atoms with Crippen molar-refractivity contribution in [2.45, 2.75) is 47.0 Å². The number of thiocarbonyl (C=S) groups is 1. The molecule has 1 atom stereocenters. The molecule has 2 aromatic rings. The molecule has 1 aromatic heterocycles. The standard InChI is InChI=1S/C24H31N3O5S2/c1-5-30-16-11-14(12-17(31-6-2)20(16)32-7-3)22(29)26-24(33)27-23-19(21(25)28)15-9-8-13(4)10-18(15)34-23/h11-13H,5-10H2,1-4H3,(H2,25,28)(H2,26,27,29,33)/t13-/m1/s1. The maximum absolute atomic E-state index is 13.0. The smallest absolute Gasteiger partial charge is 0.257 e. The molecule has 3 rings (SSSR count). The number of thiophene rings is 1. The fourth-order valence-electron chi connectivity index (χ4n) is 3.93. The number of hydrogen-bond acceptors (Lipinski definition) is 7. The van der Waals surface area contributed by atoms with Crippen LogP contribution in [0.5, 0.6) is 17.2 Å². The van der Waals surface area contributed by atoms with E-state index in [2.05, 4.69) is 17.6 Å². The number of nitrogens with two attached hydrogens (primary N) is 1. The molecule has 0 spiro atoms. The minimum Gasteiger partial charge on any atom is -0.490 e. The van der Waals surface area contributed by atoms with E-state index in [1.165, 1.54) is 11.3 Å². The molecule has 4 N–H and O–H groups in total. The third-order valence-electron chi connectivity index (χ3n) is 5.38. The van der Waals surface area contributed by atoms with Crippen molar-refractivity contribution in [3.63, 3.8) is 0 Å². The highest BCUT2D eigenvalue weighted by molar-refractivity contribution is 7.80. The molecule has 1 aliphatic rings. The average Bonchev–Trinajstić information content (AvgIpc) is 3.12. The lowest BCUT2D eigenvalue weighted by atomic mass is 9.88. The van der Waals surface area contributed by atoms with Crippen LogP contribution >= 0.6 is 23.6 Å². The largest absolute Gasteiger partial charge is 0.490 e. The number of benzene rings is 1. The van der Waals surface area contributed by atoms with Crippen molar-refractivity contribution in [3.8, 4) is 17.2 Å². The Morgan fingerprint density at radius 3 is 2.29 bits per heavy atom. The Balaban J connectivity index is 1.82. The van der Waals surface area contributed by atoms with Gasteiger partial charge in [-0.05, 0) is 75.9 Å². The summed E-state index contributed by atoms with van der Waals surface area (Å²) >= 11 is 6.85. The zero-order chi connectivity index (χ0) is 24.8. The predicted octanol–water partition coefficient (Wildman–Crippen LogP) is 4.29. The highest BCUT2D eigenvalue weighted by atomic mass is 32.1. The minimum atomic E-state index is -0.502. The molecule has 0 saturated heterocycles. The molecule has 0 fully saturated rings. The number of rotatable bonds is 9. The number of ether oxygens (including phenoxy) is 3. The molecule has 0 bridgehead atoms. The second-order valence-corrected chi connectivity index (χ2v) is 9.44. The summed E-state index contributed by atoms with van der Waals surface area (Å²) in [5.41, 5.74) is 7.42. The Hall–Kier alpha value is -2.85. The van der Waals surface area contributed by atoms with Crippen molar-refractivity contribution in [2.24, 2.45) is 11.7 Å². The van der Waals surface area contributed by atoms with Gasteiger partial charge in [0.25, 0.3) is 11.8 Å². The molecule has 1 aromatic carbocycles. The summed E-state index contributed by atoms with van der Waals surface area (Å²) in [5, 5.41) is 6.32. The fourth-order valence-corrected chi connectivity index (χ4v) is 5.61. The molecule has 2 amide bonds. The molecular weight excluding hydrogens is 474 g/mol. The van der Waals surface area contributed by atoms with Gasteiger partial charge < -0.3 is 25.3 Å². The van der Waals surface area contributed by atoms with Crippen LogP contribution in [0.3, 0.4) is 0 Å². The molecule has 34 heavy (non-hydrogen) atoms. The number of carbonyl (C=O) groups excluding carboxylic acids is 2. The van der Waals surface area contributed by atoms with Crippen LogP contribution in [-0.4, -0.2) is 36.7 Å². The maximum atomic E-state index is 13.0. The van der Waals surface area contributed by atoms with Gasteiger partial charge >= 0.3 is 0 Å². The fraction of sp³-hybridized carbons (Fsp3) is 0.458. The Bertz CT molecular complexity index is 1060. The van der Waals surface area contributed by atoms with E-state index in [-0.39, 0.29) is 5.11 Å². The second kappa shape index (κ2) is 11.5. The summed E-state index contributed by atoms with van der Waals surface area (Å²) in [5.74, 6) is 0.875. The van der Waals surface area contributed by atoms with Gasteiger partial charge in [0.1, 0.15) is 5.00 Å². The third kappa shape index (κ3) is 5.79. The van der Waals surface area contributed by atoms with Crippen LogP contribution in [0.2, 0.25) is 0 Å². The summed E-state index contributed by atoms with van der Waals surface area (Å²) < 4.78 is 17.1. The first kappa shape index (κ1) is 25.8. The molecule has 10 heteroatoms. The van der Waals surface area contributed by atoms with Gasteiger partial charge in [0, 0.05) is 10.4 Å². The number of amides is 2. The Labute approximate surface area is 209 Å². The molecule has 0 aliphatic heterocycles. The summed E-state index contributed by atoms with van der Waals surface area (Å²) in [7, 11) is 0. The summed E-state index contributed by atoms with van der Waals surface area (Å²) in [6, 6.07) is 3.18. The molecular formula is C24H31N3O5S2. The predicted molar refractivity (Wildman–Crippen MR) is 138 cm³/mol. The molecule has 1 aliphatic carbocycles. The van der Waals surface area contributed by atoms with Gasteiger partial charge in [0.05, 0.1) is 25.4 Å². The van der Waals surface area contributed by atoms with Crippen LogP contribution in [0, 0.1) is 5.92 Å². The van der Waals surface area contributed by atoms with Crippen LogP contribution in [-0.2, 0) is 12.8 Å². The van der Waals surface area contributed by atoms with Gasteiger partial charge in [-0.25, -0.2) is 0 Å². The average molecular weight is 506 g/mol. The van der Waals surface area contributed by atoms with E-state index in [0.717, 1.165) is 29.7 Å². The van der Waals surface area contributed by atoms with Crippen LogP contribution in [0.15, 0.2) is 12.1 Å². The summed E-state index contributed by atoms with van der Waals surface area (Å²) in [6.45, 7) is 8.96. The highest BCUT2D eigenvalue weighted by Crippen LogP contribution is 2.40. The zero-order valence-electron chi connectivity index (χ0n) is 19.9. The van der Waals surface area contributed by atoms with Crippen LogP contribution in [0.4, 0.5) is 5.00 Å². The van der Waals surface area contributed by atoms with Crippen molar-refractivity contribution >= 4 is 45.5 Å². The lowest BCUT2D eigenvalue weighted by molar-refractivity contribution is 0.0974. The Morgan fingerprint density at radius 2 is 1.74 bits per heavy atom. The summed E-state index contributed by atoms with van der Waals surface area (Å²) in [6.07, 6.45) is 2.71. The quantitative estimate of drug-likeness (QED) is 0.436. The first-order valence-corrected chi connectivity index (χ1v) is 12.6. The number of fused-ring (bicyclic) bond motifs is 1. The maximum Gasteiger partial charge on any atom is 0.257 e. The highest BCUT2D eigenvalue weighted by Gasteiger charge is 2.27. The van der Waals surface area contributed by atoms with Gasteiger partial charge in [-0.3, -0.25) is 14.9 Å². The van der Waals surface area contributed by atoms with E-state index in [1.54, 1.807) is 12.1 Å². The van der Waals surface area contributed by atoms with E-state index in [9.17, 15) is 9.59 Å². The van der Waals surface area contributed by atoms with Crippen molar-refractivity contribution in [2.75, 3.05) is 25.1 Å². The van der Waals surface area contributed by atoms with Gasteiger partial charge in [-0.1, -0.05) is 6.92 Å². The van der Waals surface area contributed by atoms with Crippen molar-refractivity contribution < 1.29 is 23.8 Å². The van der Waals surface area contributed by atoms with Gasteiger partial charge in [0.15, 0.2) is 16.6 Å². The van der Waals surface area contributed by atoms with Crippen molar-refractivity contribution in [1.82, 2.24) is 5.32 Å². The molecule has 8 nitrogen and oxygen atoms in total. The Kier molecular flexibility index (Phi) is 8.73. The molecule has 0 saturated carbocycles. The van der Waals surface area contributed by atoms with Crippen molar-refractivity contribution in [3.05, 3.63) is 33.7 Å². The SMILES string of the molecule is CCOc1cc(C(=O)NC(=S)Nc2sc3c(c2C(N)=O)CC[C@@H](C)C3)cc(OCC)c1OCC. The molecule has 184 valence electrons. The van der Waals surface area contributed by atoms with E-state index in [4.69, 9.17) is 32.2 Å². The normalized spacial score (nSPS) is 14.6.